The Morgan fingerprint density at radius 1 is 1.23 bits per heavy atom. The van der Waals surface area contributed by atoms with Crippen LogP contribution >= 0.6 is 0 Å². The van der Waals surface area contributed by atoms with Crippen LogP contribution in [0.5, 0.6) is 0 Å². The van der Waals surface area contributed by atoms with E-state index in [1.54, 1.807) is 31.3 Å². The number of nitrogens with two attached hydrogens (primary N) is 1. The van der Waals surface area contributed by atoms with Crippen LogP contribution in [0.1, 0.15) is 16.8 Å². The van der Waals surface area contributed by atoms with E-state index in [4.69, 9.17) is 10.8 Å². The first kappa shape index (κ1) is 18.1. The number of benzene rings is 1. The van der Waals surface area contributed by atoms with Gasteiger partial charge in [-0.3, -0.25) is 14.2 Å². The van der Waals surface area contributed by atoms with Crippen LogP contribution in [0.2, 0.25) is 0 Å². The van der Waals surface area contributed by atoms with Gasteiger partial charge in [-0.1, -0.05) is 12.1 Å². The van der Waals surface area contributed by atoms with Crippen molar-refractivity contribution in [2.45, 2.75) is 25.4 Å². The lowest BCUT2D eigenvalue weighted by Crippen LogP contribution is -2.45. The van der Waals surface area contributed by atoms with Crippen LogP contribution in [0.15, 0.2) is 33.9 Å². The van der Waals surface area contributed by atoms with Gasteiger partial charge in [0.2, 0.25) is 0 Å². The molecule has 1 unspecified atom stereocenters. The fraction of sp³-hybridized carbons (Fsp3) is 0.389. The van der Waals surface area contributed by atoms with E-state index in [0.29, 0.717) is 24.2 Å². The van der Waals surface area contributed by atoms with E-state index in [-0.39, 0.29) is 17.7 Å². The molecule has 0 fully saturated rings. The van der Waals surface area contributed by atoms with Crippen LogP contribution in [0.3, 0.4) is 0 Å². The number of aliphatic carboxylic acids is 1. The monoisotopic (exact) mass is 358 g/mol. The van der Waals surface area contributed by atoms with E-state index in [2.05, 4.69) is 4.90 Å². The Bertz CT molecular complexity index is 959. The first-order valence-electron chi connectivity index (χ1n) is 8.39. The Hall–Kier alpha value is -2.71. The summed E-state index contributed by atoms with van der Waals surface area (Å²) < 4.78 is 2.70. The Labute approximate surface area is 150 Å². The smallest absolute Gasteiger partial charge is 0.335 e. The molecule has 0 saturated carbocycles. The summed E-state index contributed by atoms with van der Waals surface area (Å²) in [5, 5.41) is 8.89. The molecular weight excluding hydrogens is 336 g/mol. The summed E-state index contributed by atoms with van der Waals surface area (Å²) in [5.41, 5.74) is 7.49. The van der Waals surface area contributed by atoms with Crippen LogP contribution in [0.25, 0.3) is 5.69 Å². The highest BCUT2D eigenvalue weighted by atomic mass is 16.4. The minimum Gasteiger partial charge on any atom is -0.480 e. The van der Waals surface area contributed by atoms with Gasteiger partial charge in [0.15, 0.2) is 0 Å². The maximum Gasteiger partial charge on any atom is 0.335 e. The van der Waals surface area contributed by atoms with Gasteiger partial charge >= 0.3 is 11.7 Å². The molecule has 2 aromatic rings. The van der Waals surface area contributed by atoms with Gasteiger partial charge in [-0.15, -0.1) is 0 Å². The van der Waals surface area contributed by atoms with Gasteiger partial charge in [0, 0.05) is 31.4 Å². The van der Waals surface area contributed by atoms with Gasteiger partial charge in [-0.05, 0) is 37.6 Å². The third-order valence-corrected chi connectivity index (χ3v) is 4.82. The third kappa shape index (κ3) is 3.21. The molecule has 26 heavy (non-hydrogen) atoms. The fourth-order valence-electron chi connectivity index (χ4n) is 3.25. The number of likely N-dealkylation sites (N-methyl/N-ethyl adjacent to an activating group) is 1. The molecule has 1 aromatic heterocycles. The molecule has 0 radical (unpaired) electrons. The third-order valence-electron chi connectivity index (χ3n) is 4.82. The molecule has 2 heterocycles. The maximum atomic E-state index is 12.9. The highest BCUT2D eigenvalue weighted by molar-refractivity contribution is 5.73. The van der Waals surface area contributed by atoms with Gasteiger partial charge in [-0.25, -0.2) is 9.36 Å². The fourth-order valence-corrected chi connectivity index (χ4v) is 3.25. The van der Waals surface area contributed by atoms with Crippen LogP contribution in [0, 0.1) is 0 Å². The van der Waals surface area contributed by atoms with Crippen molar-refractivity contribution < 1.29 is 9.90 Å². The molecule has 1 atom stereocenters. The topological polar surface area (TPSA) is 111 Å². The first-order chi connectivity index (χ1) is 12.3. The lowest BCUT2D eigenvalue weighted by Gasteiger charge is -2.26. The summed E-state index contributed by atoms with van der Waals surface area (Å²) in [4.78, 5) is 38.5. The lowest BCUT2D eigenvalue weighted by molar-refractivity contribution is -0.138. The van der Waals surface area contributed by atoms with Crippen molar-refractivity contribution in [2.24, 2.45) is 12.8 Å². The van der Waals surface area contributed by atoms with E-state index in [1.807, 2.05) is 7.05 Å². The van der Waals surface area contributed by atoms with Crippen molar-refractivity contribution in [2.75, 3.05) is 13.6 Å². The Balaban J connectivity index is 2.03. The Morgan fingerprint density at radius 2 is 1.88 bits per heavy atom. The number of carboxylic acids is 1. The predicted molar refractivity (Wildman–Crippen MR) is 96.6 cm³/mol. The van der Waals surface area contributed by atoms with E-state index < -0.39 is 12.0 Å². The molecule has 0 amide bonds. The zero-order valence-electron chi connectivity index (χ0n) is 14.8. The molecule has 0 bridgehead atoms. The second kappa shape index (κ2) is 6.89. The van der Waals surface area contributed by atoms with Gasteiger partial charge < -0.3 is 15.7 Å². The molecule has 1 aromatic carbocycles. The molecule has 0 saturated heterocycles. The number of carboxylic acid groups (broad SMARTS) is 1. The van der Waals surface area contributed by atoms with Gasteiger partial charge in [0.1, 0.15) is 6.04 Å². The standard InChI is InChI=1S/C18H22N4O4/c1-20-8-7-13-15(10-20)21(2)18(26)22(16(13)23)12-5-3-11(4-6-12)9-14(19)17(24)25/h3-6,14H,7-10,19H2,1-2H3,(H,24,25). The average Bonchev–Trinajstić information content (AvgIpc) is 2.61. The second-order valence-electron chi connectivity index (χ2n) is 6.71. The largest absolute Gasteiger partial charge is 0.480 e. The molecular formula is C18H22N4O4. The quantitative estimate of drug-likeness (QED) is 0.761. The highest BCUT2D eigenvalue weighted by Crippen LogP contribution is 2.14. The highest BCUT2D eigenvalue weighted by Gasteiger charge is 2.23. The number of aromatic nitrogens is 2. The number of fused-ring (bicyclic) bond motifs is 1. The van der Waals surface area contributed by atoms with E-state index in [0.717, 1.165) is 17.8 Å². The zero-order valence-corrected chi connectivity index (χ0v) is 14.8. The minimum absolute atomic E-state index is 0.180. The molecule has 8 heteroatoms. The number of carbonyl (C=O) groups is 1. The summed E-state index contributed by atoms with van der Waals surface area (Å²) in [6, 6.07) is 5.69. The van der Waals surface area contributed by atoms with E-state index in [1.165, 1.54) is 9.13 Å². The average molecular weight is 358 g/mol. The second-order valence-corrected chi connectivity index (χ2v) is 6.71. The van der Waals surface area contributed by atoms with Gasteiger partial charge in [-0.2, -0.15) is 0 Å². The van der Waals surface area contributed by atoms with Crippen LogP contribution in [-0.4, -0.2) is 44.7 Å². The minimum atomic E-state index is -1.07. The molecule has 1 aliphatic heterocycles. The van der Waals surface area contributed by atoms with Crippen LogP contribution in [0.4, 0.5) is 0 Å². The Kier molecular flexibility index (Phi) is 4.80. The summed E-state index contributed by atoms with van der Waals surface area (Å²) in [6.07, 6.45) is 0.781. The van der Waals surface area contributed by atoms with Crippen molar-refractivity contribution in [3.8, 4) is 5.69 Å². The number of hydrogen-bond donors (Lipinski definition) is 2. The summed E-state index contributed by atoms with van der Waals surface area (Å²) in [7, 11) is 3.63. The van der Waals surface area contributed by atoms with E-state index in [9.17, 15) is 14.4 Å². The normalized spacial score (nSPS) is 15.5. The molecule has 138 valence electrons. The molecule has 1 aliphatic rings. The van der Waals surface area contributed by atoms with Crippen LogP contribution in [-0.2, 0) is 31.2 Å². The number of rotatable bonds is 4. The van der Waals surface area contributed by atoms with Crippen LogP contribution < -0.4 is 17.0 Å². The van der Waals surface area contributed by atoms with Crippen molar-refractivity contribution in [3.63, 3.8) is 0 Å². The number of hydrogen-bond acceptors (Lipinski definition) is 5. The van der Waals surface area contributed by atoms with Crippen molar-refractivity contribution in [1.82, 2.24) is 14.0 Å². The van der Waals surface area contributed by atoms with E-state index >= 15 is 0 Å². The van der Waals surface area contributed by atoms with Crippen molar-refractivity contribution >= 4 is 5.97 Å². The molecule has 8 nitrogen and oxygen atoms in total. The van der Waals surface area contributed by atoms with Gasteiger partial charge in [0.25, 0.3) is 5.56 Å². The molecule has 0 aliphatic carbocycles. The molecule has 3 rings (SSSR count). The number of nitrogens with zero attached hydrogens (tertiary/aromatic N) is 3. The summed E-state index contributed by atoms with van der Waals surface area (Å²) in [5.74, 6) is -1.07. The first-order valence-corrected chi connectivity index (χ1v) is 8.39. The van der Waals surface area contributed by atoms with Crippen molar-refractivity contribution in [3.05, 3.63) is 61.9 Å². The Morgan fingerprint density at radius 3 is 2.50 bits per heavy atom. The lowest BCUT2D eigenvalue weighted by atomic mass is 10.1. The molecule has 0 spiro atoms. The van der Waals surface area contributed by atoms with Gasteiger partial charge in [0.05, 0.1) is 5.69 Å². The zero-order chi connectivity index (χ0) is 19.0. The maximum absolute atomic E-state index is 12.9. The molecule has 3 N–H and O–H groups in total. The van der Waals surface area contributed by atoms with Crippen molar-refractivity contribution in [1.29, 1.82) is 0 Å². The summed E-state index contributed by atoms with van der Waals surface area (Å²) >= 11 is 0. The SMILES string of the molecule is CN1CCc2c(n(C)c(=O)n(-c3ccc(CC(N)C(=O)O)cc3)c2=O)C1. The summed E-state index contributed by atoms with van der Waals surface area (Å²) in [6.45, 7) is 1.34. The predicted octanol–water partition coefficient (Wildman–Crippen LogP) is -0.521.